The van der Waals surface area contributed by atoms with E-state index in [0.29, 0.717) is 5.11 Å². The summed E-state index contributed by atoms with van der Waals surface area (Å²) >= 11 is 5.13. The second-order valence-corrected chi connectivity index (χ2v) is 4.15. The monoisotopic (exact) mass is 198 g/mol. The van der Waals surface area contributed by atoms with Gasteiger partial charge in [-0.1, -0.05) is 0 Å². The summed E-state index contributed by atoms with van der Waals surface area (Å²) in [7, 11) is 0. The van der Waals surface area contributed by atoms with Crippen LogP contribution >= 0.6 is 12.2 Å². The van der Waals surface area contributed by atoms with Crippen molar-refractivity contribution in [3.63, 3.8) is 0 Å². The molecule has 1 N–H and O–H groups in total. The molecule has 1 amide bonds. The van der Waals surface area contributed by atoms with Crippen LogP contribution in [0.5, 0.6) is 0 Å². The summed E-state index contributed by atoms with van der Waals surface area (Å²) in [5, 5.41) is 3.44. The molecule has 4 heteroatoms. The lowest BCUT2D eigenvalue weighted by Gasteiger charge is -2.18. The molecule has 0 aromatic heterocycles. The van der Waals surface area contributed by atoms with Crippen LogP contribution < -0.4 is 5.32 Å². The maximum atomic E-state index is 11.3. The second kappa shape index (κ2) is 3.62. The van der Waals surface area contributed by atoms with Crippen molar-refractivity contribution in [1.29, 1.82) is 0 Å². The standard InChI is InChI=1S/C9H14N2OS/c12-8(7-3-4-7)10-9(13)11-5-1-2-6-11/h7H,1-6H2,(H,10,12,13). The molecule has 72 valence electrons. The maximum absolute atomic E-state index is 11.3. The highest BCUT2D eigenvalue weighted by Gasteiger charge is 2.30. The van der Waals surface area contributed by atoms with Gasteiger partial charge in [-0.25, -0.2) is 0 Å². The Morgan fingerprint density at radius 3 is 2.46 bits per heavy atom. The lowest BCUT2D eigenvalue weighted by molar-refractivity contribution is -0.120. The summed E-state index contributed by atoms with van der Waals surface area (Å²) < 4.78 is 0. The molecule has 0 bridgehead atoms. The van der Waals surface area contributed by atoms with Gasteiger partial charge < -0.3 is 10.2 Å². The number of thiocarbonyl (C=S) groups is 1. The molecule has 3 nitrogen and oxygen atoms in total. The minimum absolute atomic E-state index is 0.122. The number of amides is 1. The van der Waals surface area contributed by atoms with Crippen molar-refractivity contribution in [3.8, 4) is 0 Å². The number of nitrogens with zero attached hydrogens (tertiary/aromatic N) is 1. The van der Waals surface area contributed by atoms with Crippen LogP contribution in [0.25, 0.3) is 0 Å². The molecule has 13 heavy (non-hydrogen) atoms. The minimum atomic E-state index is 0.122. The fraction of sp³-hybridized carbons (Fsp3) is 0.778. The van der Waals surface area contributed by atoms with Crippen LogP contribution in [0.15, 0.2) is 0 Å². The van der Waals surface area contributed by atoms with E-state index in [-0.39, 0.29) is 11.8 Å². The zero-order chi connectivity index (χ0) is 9.26. The predicted octanol–water partition coefficient (Wildman–Crippen LogP) is 0.893. The summed E-state index contributed by atoms with van der Waals surface area (Å²) in [6, 6.07) is 0. The fourth-order valence-corrected chi connectivity index (χ4v) is 1.84. The quantitative estimate of drug-likeness (QED) is 0.635. The van der Waals surface area contributed by atoms with Crippen molar-refractivity contribution >= 4 is 23.2 Å². The Bertz CT molecular complexity index is 232. The molecule has 0 aromatic carbocycles. The number of hydrogen-bond donors (Lipinski definition) is 1. The van der Waals surface area contributed by atoms with Crippen LogP contribution in [-0.2, 0) is 4.79 Å². The highest BCUT2D eigenvalue weighted by molar-refractivity contribution is 7.80. The summed E-state index contributed by atoms with van der Waals surface area (Å²) in [6.45, 7) is 2.01. The van der Waals surface area contributed by atoms with Gasteiger partial charge in [0.25, 0.3) is 0 Å². The van der Waals surface area contributed by atoms with Gasteiger partial charge in [0.15, 0.2) is 5.11 Å². The van der Waals surface area contributed by atoms with E-state index in [4.69, 9.17) is 12.2 Å². The Balaban J connectivity index is 1.79. The van der Waals surface area contributed by atoms with E-state index in [9.17, 15) is 4.79 Å². The minimum Gasteiger partial charge on any atom is -0.349 e. The molecule has 2 aliphatic rings. The van der Waals surface area contributed by atoms with E-state index >= 15 is 0 Å². The summed E-state index contributed by atoms with van der Waals surface area (Å²) in [4.78, 5) is 13.4. The van der Waals surface area contributed by atoms with Crippen molar-refractivity contribution in [2.24, 2.45) is 5.92 Å². The number of nitrogens with one attached hydrogen (secondary N) is 1. The zero-order valence-corrected chi connectivity index (χ0v) is 8.40. The fourth-order valence-electron chi connectivity index (χ4n) is 1.55. The van der Waals surface area contributed by atoms with E-state index < -0.39 is 0 Å². The van der Waals surface area contributed by atoms with Crippen LogP contribution in [0.2, 0.25) is 0 Å². The predicted molar refractivity (Wildman–Crippen MR) is 54.3 cm³/mol. The van der Waals surface area contributed by atoms with Gasteiger partial charge in [-0.3, -0.25) is 4.79 Å². The lowest BCUT2D eigenvalue weighted by Crippen LogP contribution is -2.41. The van der Waals surface area contributed by atoms with Crippen molar-refractivity contribution in [2.75, 3.05) is 13.1 Å². The summed E-state index contributed by atoms with van der Waals surface area (Å²) in [5.41, 5.74) is 0. The molecule has 0 unspecified atom stereocenters. The number of likely N-dealkylation sites (tertiary alicyclic amines) is 1. The molecule has 2 rings (SSSR count). The summed E-state index contributed by atoms with van der Waals surface area (Å²) in [6.07, 6.45) is 4.46. The van der Waals surface area contributed by atoms with Gasteiger partial charge in [-0.2, -0.15) is 0 Å². The number of rotatable bonds is 1. The third kappa shape index (κ3) is 2.18. The molecule has 1 aliphatic carbocycles. The van der Waals surface area contributed by atoms with E-state index in [2.05, 4.69) is 10.2 Å². The van der Waals surface area contributed by atoms with Crippen LogP contribution in [0.3, 0.4) is 0 Å². The Hall–Kier alpha value is -0.640. The van der Waals surface area contributed by atoms with Crippen LogP contribution in [-0.4, -0.2) is 29.0 Å². The van der Waals surface area contributed by atoms with Gasteiger partial charge in [0.2, 0.25) is 5.91 Å². The molecule has 1 saturated heterocycles. The van der Waals surface area contributed by atoms with E-state index in [1.165, 1.54) is 12.8 Å². The molecular formula is C9H14N2OS. The maximum Gasteiger partial charge on any atom is 0.229 e. The van der Waals surface area contributed by atoms with Crippen molar-refractivity contribution in [2.45, 2.75) is 25.7 Å². The van der Waals surface area contributed by atoms with Gasteiger partial charge in [-0.05, 0) is 37.9 Å². The smallest absolute Gasteiger partial charge is 0.229 e. The average molecular weight is 198 g/mol. The van der Waals surface area contributed by atoms with Gasteiger partial charge in [0.1, 0.15) is 0 Å². The molecular weight excluding hydrogens is 184 g/mol. The molecule has 1 saturated carbocycles. The van der Waals surface area contributed by atoms with Crippen LogP contribution in [0, 0.1) is 5.92 Å². The number of carbonyl (C=O) groups is 1. The zero-order valence-electron chi connectivity index (χ0n) is 7.58. The Kier molecular flexibility index (Phi) is 2.49. The third-order valence-electron chi connectivity index (χ3n) is 2.57. The number of hydrogen-bond acceptors (Lipinski definition) is 2. The van der Waals surface area contributed by atoms with Crippen molar-refractivity contribution in [3.05, 3.63) is 0 Å². The normalized spacial score (nSPS) is 21.7. The van der Waals surface area contributed by atoms with E-state index in [1.54, 1.807) is 0 Å². The van der Waals surface area contributed by atoms with Gasteiger partial charge in [0, 0.05) is 19.0 Å². The highest BCUT2D eigenvalue weighted by Crippen LogP contribution is 2.28. The Labute approximate surface area is 83.5 Å². The largest absolute Gasteiger partial charge is 0.349 e. The molecule has 0 atom stereocenters. The summed E-state index contributed by atoms with van der Waals surface area (Å²) in [5.74, 6) is 0.373. The van der Waals surface area contributed by atoms with Crippen LogP contribution in [0.4, 0.5) is 0 Å². The first-order chi connectivity index (χ1) is 6.27. The van der Waals surface area contributed by atoms with Crippen molar-refractivity contribution in [1.82, 2.24) is 10.2 Å². The molecule has 2 fully saturated rings. The first kappa shape index (κ1) is 8.94. The van der Waals surface area contributed by atoms with Gasteiger partial charge in [0.05, 0.1) is 0 Å². The average Bonchev–Trinajstić information content (AvgIpc) is 2.81. The molecule has 1 aliphatic heterocycles. The first-order valence-corrected chi connectivity index (χ1v) is 5.28. The van der Waals surface area contributed by atoms with Gasteiger partial charge in [-0.15, -0.1) is 0 Å². The molecule has 0 spiro atoms. The highest BCUT2D eigenvalue weighted by atomic mass is 32.1. The van der Waals surface area contributed by atoms with E-state index in [1.807, 2.05) is 0 Å². The van der Waals surface area contributed by atoms with Crippen molar-refractivity contribution < 1.29 is 4.79 Å². The first-order valence-electron chi connectivity index (χ1n) is 4.87. The third-order valence-corrected chi connectivity index (χ3v) is 2.93. The SMILES string of the molecule is O=C(NC(=S)N1CCCC1)C1CC1. The lowest BCUT2D eigenvalue weighted by atomic mass is 10.4. The Morgan fingerprint density at radius 1 is 1.31 bits per heavy atom. The van der Waals surface area contributed by atoms with Crippen LogP contribution in [0.1, 0.15) is 25.7 Å². The molecule has 0 aromatic rings. The number of carbonyl (C=O) groups excluding carboxylic acids is 1. The van der Waals surface area contributed by atoms with E-state index in [0.717, 1.165) is 25.9 Å². The second-order valence-electron chi connectivity index (χ2n) is 3.76. The molecule has 0 radical (unpaired) electrons. The molecule has 1 heterocycles. The topological polar surface area (TPSA) is 32.3 Å². The van der Waals surface area contributed by atoms with Gasteiger partial charge >= 0.3 is 0 Å². The Morgan fingerprint density at radius 2 is 1.92 bits per heavy atom.